The molecule has 3 aromatic rings. The van der Waals surface area contributed by atoms with Crippen LogP contribution in [0.4, 0.5) is 0 Å². The fraction of sp³-hybridized carbons (Fsp3) is 0.375. The zero-order valence-electron chi connectivity index (χ0n) is 17.1. The summed E-state index contributed by atoms with van der Waals surface area (Å²) in [6.45, 7) is 5.55. The van der Waals surface area contributed by atoms with Crippen molar-refractivity contribution in [2.75, 3.05) is 6.54 Å². The van der Waals surface area contributed by atoms with Crippen LogP contribution in [0.25, 0.3) is 10.9 Å². The van der Waals surface area contributed by atoms with Crippen LogP contribution in [0.5, 0.6) is 0 Å². The second kappa shape index (κ2) is 8.19. The Kier molecular flexibility index (Phi) is 5.47. The first-order chi connectivity index (χ1) is 14.0. The predicted octanol–water partition coefficient (Wildman–Crippen LogP) is 4.16. The smallest absolute Gasteiger partial charge is 0.261 e. The van der Waals surface area contributed by atoms with Crippen molar-refractivity contribution in [3.8, 4) is 0 Å². The van der Waals surface area contributed by atoms with E-state index in [1.807, 2.05) is 23.1 Å². The van der Waals surface area contributed by atoms with Gasteiger partial charge in [0.2, 0.25) is 5.91 Å². The number of benzene rings is 2. The van der Waals surface area contributed by atoms with Gasteiger partial charge in [0, 0.05) is 19.5 Å². The van der Waals surface area contributed by atoms with E-state index < -0.39 is 0 Å². The highest BCUT2D eigenvalue weighted by molar-refractivity contribution is 5.77. The van der Waals surface area contributed by atoms with Crippen LogP contribution in [-0.2, 0) is 11.3 Å². The van der Waals surface area contributed by atoms with E-state index in [9.17, 15) is 9.59 Å². The summed E-state index contributed by atoms with van der Waals surface area (Å²) in [7, 11) is 0. The van der Waals surface area contributed by atoms with Gasteiger partial charge in [0.15, 0.2) is 0 Å². The molecule has 0 N–H and O–H groups in total. The number of hydrogen-bond donors (Lipinski definition) is 0. The summed E-state index contributed by atoms with van der Waals surface area (Å²) in [6, 6.07) is 14.0. The Morgan fingerprint density at radius 1 is 1.14 bits per heavy atom. The highest BCUT2D eigenvalue weighted by atomic mass is 16.2. The van der Waals surface area contributed by atoms with Crippen molar-refractivity contribution in [3.05, 3.63) is 75.8 Å². The Morgan fingerprint density at radius 3 is 2.79 bits per heavy atom. The van der Waals surface area contributed by atoms with Crippen molar-refractivity contribution < 1.29 is 4.79 Å². The lowest BCUT2D eigenvalue weighted by Crippen LogP contribution is -2.31. The molecule has 0 unspecified atom stereocenters. The maximum atomic E-state index is 12.9. The molecule has 1 aliphatic rings. The number of hydrogen-bond acceptors (Lipinski definition) is 3. The Labute approximate surface area is 171 Å². The number of nitrogens with zero attached hydrogens (tertiary/aromatic N) is 3. The van der Waals surface area contributed by atoms with Gasteiger partial charge >= 0.3 is 0 Å². The topological polar surface area (TPSA) is 55.2 Å². The molecule has 1 amide bonds. The Bertz CT molecular complexity index is 1100. The molecular weight excluding hydrogens is 362 g/mol. The molecule has 1 aromatic heterocycles. The van der Waals surface area contributed by atoms with E-state index in [4.69, 9.17) is 0 Å². The van der Waals surface area contributed by atoms with Gasteiger partial charge in [-0.05, 0) is 61.9 Å². The minimum absolute atomic E-state index is 0.0442. The number of aryl methyl sites for hydroxylation is 3. The van der Waals surface area contributed by atoms with Crippen molar-refractivity contribution >= 4 is 16.8 Å². The number of carbonyl (C=O) groups is 1. The minimum atomic E-state index is -0.0442. The van der Waals surface area contributed by atoms with Crippen LogP contribution in [-0.4, -0.2) is 26.9 Å². The maximum absolute atomic E-state index is 12.9. The number of rotatable bonds is 5. The van der Waals surface area contributed by atoms with Gasteiger partial charge in [-0.1, -0.05) is 30.3 Å². The van der Waals surface area contributed by atoms with E-state index in [2.05, 4.69) is 37.0 Å². The second-order valence-corrected chi connectivity index (χ2v) is 7.95. The lowest BCUT2D eigenvalue weighted by atomic mass is 9.99. The van der Waals surface area contributed by atoms with Crippen LogP contribution in [0, 0.1) is 13.8 Å². The number of amides is 1. The molecule has 2 aromatic carbocycles. The Hall–Kier alpha value is -2.95. The third kappa shape index (κ3) is 3.95. The van der Waals surface area contributed by atoms with Gasteiger partial charge in [-0.3, -0.25) is 14.2 Å². The number of aromatic nitrogens is 2. The van der Waals surface area contributed by atoms with Gasteiger partial charge < -0.3 is 4.90 Å². The van der Waals surface area contributed by atoms with E-state index in [1.165, 1.54) is 16.7 Å². The lowest BCUT2D eigenvalue weighted by molar-refractivity contribution is -0.132. The van der Waals surface area contributed by atoms with Crippen LogP contribution in [0.15, 0.2) is 53.6 Å². The summed E-state index contributed by atoms with van der Waals surface area (Å²) in [5.41, 5.74) is 4.44. The van der Waals surface area contributed by atoms with Gasteiger partial charge in [-0.25, -0.2) is 4.98 Å². The molecule has 29 heavy (non-hydrogen) atoms. The summed E-state index contributed by atoms with van der Waals surface area (Å²) < 4.78 is 1.61. The standard InChI is InChI=1S/C24H27N3O2/c1-17-11-12-19(15-18(17)2)22-9-5-14-27(22)23(28)10-6-13-26-16-25-21-8-4-3-7-20(21)24(26)29/h3-4,7-8,11-12,15-16,22H,5-6,9-10,13-14H2,1-2H3/t22-/m1/s1. The van der Waals surface area contributed by atoms with E-state index in [0.29, 0.717) is 30.3 Å². The average molecular weight is 389 g/mol. The van der Waals surface area contributed by atoms with E-state index in [0.717, 1.165) is 19.4 Å². The molecule has 1 atom stereocenters. The molecule has 1 saturated heterocycles. The largest absolute Gasteiger partial charge is 0.336 e. The SMILES string of the molecule is Cc1ccc([C@H]2CCCN2C(=O)CCCn2cnc3ccccc3c2=O)cc1C. The predicted molar refractivity (Wildman–Crippen MR) is 115 cm³/mol. The molecule has 5 heteroatoms. The monoisotopic (exact) mass is 389 g/mol. The Balaban J connectivity index is 1.41. The molecule has 0 spiro atoms. The first-order valence-corrected chi connectivity index (χ1v) is 10.4. The molecular formula is C24H27N3O2. The molecule has 0 radical (unpaired) electrons. The number of carbonyl (C=O) groups excluding carboxylic acids is 1. The fourth-order valence-electron chi connectivity index (χ4n) is 4.19. The summed E-state index contributed by atoms with van der Waals surface area (Å²) in [5, 5.41) is 0.621. The number of para-hydroxylation sites is 1. The fourth-order valence-corrected chi connectivity index (χ4v) is 4.19. The van der Waals surface area contributed by atoms with Crippen LogP contribution in [0.2, 0.25) is 0 Å². The molecule has 0 aliphatic carbocycles. The normalized spacial score (nSPS) is 16.5. The molecule has 150 valence electrons. The molecule has 4 rings (SSSR count). The molecule has 5 nitrogen and oxygen atoms in total. The van der Waals surface area contributed by atoms with E-state index in [-0.39, 0.29) is 17.5 Å². The van der Waals surface area contributed by atoms with Crippen molar-refractivity contribution in [3.63, 3.8) is 0 Å². The van der Waals surface area contributed by atoms with E-state index >= 15 is 0 Å². The number of fused-ring (bicyclic) bond motifs is 1. The average Bonchev–Trinajstić information content (AvgIpc) is 3.22. The quantitative estimate of drug-likeness (QED) is 0.658. The minimum Gasteiger partial charge on any atom is -0.336 e. The van der Waals surface area contributed by atoms with Gasteiger partial charge in [0.05, 0.1) is 23.3 Å². The number of likely N-dealkylation sites (tertiary alicyclic amines) is 1. The van der Waals surface area contributed by atoms with Gasteiger partial charge in [0.25, 0.3) is 5.56 Å². The van der Waals surface area contributed by atoms with Crippen LogP contribution in [0.1, 0.15) is 48.4 Å². The van der Waals surface area contributed by atoms with Crippen molar-refractivity contribution in [2.24, 2.45) is 0 Å². The first-order valence-electron chi connectivity index (χ1n) is 10.4. The third-order valence-corrected chi connectivity index (χ3v) is 6.01. The molecule has 1 aliphatic heterocycles. The highest BCUT2D eigenvalue weighted by Gasteiger charge is 2.29. The maximum Gasteiger partial charge on any atom is 0.261 e. The van der Waals surface area contributed by atoms with Gasteiger partial charge in [-0.15, -0.1) is 0 Å². The summed E-state index contributed by atoms with van der Waals surface area (Å²) in [5.74, 6) is 0.174. The van der Waals surface area contributed by atoms with Crippen LogP contribution < -0.4 is 5.56 Å². The highest BCUT2D eigenvalue weighted by Crippen LogP contribution is 2.33. The second-order valence-electron chi connectivity index (χ2n) is 7.95. The molecule has 1 fully saturated rings. The van der Waals surface area contributed by atoms with E-state index in [1.54, 1.807) is 17.0 Å². The van der Waals surface area contributed by atoms with Gasteiger partial charge in [0.1, 0.15) is 0 Å². The summed E-state index contributed by atoms with van der Waals surface area (Å²) >= 11 is 0. The van der Waals surface area contributed by atoms with Crippen molar-refractivity contribution in [2.45, 2.75) is 52.1 Å². The molecule has 2 heterocycles. The summed E-state index contributed by atoms with van der Waals surface area (Å²) in [6.07, 6.45) is 4.72. The van der Waals surface area contributed by atoms with Crippen LogP contribution in [0.3, 0.4) is 0 Å². The van der Waals surface area contributed by atoms with Crippen molar-refractivity contribution in [1.29, 1.82) is 0 Å². The lowest BCUT2D eigenvalue weighted by Gasteiger charge is -2.26. The zero-order valence-corrected chi connectivity index (χ0v) is 17.1. The third-order valence-electron chi connectivity index (χ3n) is 6.01. The Morgan fingerprint density at radius 2 is 1.97 bits per heavy atom. The van der Waals surface area contributed by atoms with Crippen LogP contribution >= 0.6 is 0 Å². The summed E-state index contributed by atoms with van der Waals surface area (Å²) in [4.78, 5) is 31.8. The molecule has 0 bridgehead atoms. The molecule has 0 saturated carbocycles. The van der Waals surface area contributed by atoms with Crippen molar-refractivity contribution in [1.82, 2.24) is 14.5 Å². The zero-order chi connectivity index (χ0) is 20.4. The first kappa shape index (κ1) is 19.4. The van der Waals surface area contributed by atoms with Gasteiger partial charge in [-0.2, -0.15) is 0 Å².